The molecule has 3 saturated heterocycles. The third-order valence-corrected chi connectivity index (χ3v) is 6.96. The maximum Gasteiger partial charge on any atom is 0.225 e. The molecule has 1 N–H and O–H groups in total. The van der Waals surface area contributed by atoms with Gasteiger partial charge in [-0.1, -0.05) is 25.7 Å². The van der Waals surface area contributed by atoms with E-state index in [2.05, 4.69) is 10.2 Å². The van der Waals surface area contributed by atoms with Crippen molar-refractivity contribution in [2.45, 2.75) is 88.8 Å². The van der Waals surface area contributed by atoms with E-state index in [-0.39, 0.29) is 17.7 Å². The van der Waals surface area contributed by atoms with E-state index < -0.39 is 0 Å². The summed E-state index contributed by atoms with van der Waals surface area (Å²) in [6.07, 6.45) is 12.5. The number of likely N-dealkylation sites (tertiary alicyclic amines) is 1. The van der Waals surface area contributed by atoms with Crippen LogP contribution in [0.4, 0.5) is 0 Å². The Hall–Kier alpha value is -1.10. The topological polar surface area (TPSA) is 52.7 Å². The standard InChI is InChI=1S/C20H33N3O2/c24-19-12-15(14-23(19)17-6-3-1-2-4-7-17)20(25)21-16-9-11-22-10-5-8-18(22)13-16/h15-18H,1-14H2,(H,21,25)/t15-,16-,18+/m1/s1. The molecule has 0 aromatic rings. The number of rotatable bonds is 3. The number of nitrogens with zero attached hydrogens (tertiary/aromatic N) is 2. The van der Waals surface area contributed by atoms with Crippen LogP contribution in [0.1, 0.15) is 70.6 Å². The molecule has 4 fully saturated rings. The Morgan fingerprint density at radius 3 is 2.48 bits per heavy atom. The fraction of sp³-hybridized carbons (Fsp3) is 0.900. The summed E-state index contributed by atoms with van der Waals surface area (Å²) in [5.74, 6) is 0.205. The minimum Gasteiger partial charge on any atom is -0.353 e. The number of amides is 2. The summed E-state index contributed by atoms with van der Waals surface area (Å²) in [5.41, 5.74) is 0. The monoisotopic (exact) mass is 347 g/mol. The molecule has 3 atom stereocenters. The van der Waals surface area contributed by atoms with E-state index in [1.165, 1.54) is 45.1 Å². The molecule has 0 aromatic carbocycles. The van der Waals surface area contributed by atoms with Crippen LogP contribution < -0.4 is 5.32 Å². The van der Waals surface area contributed by atoms with Crippen LogP contribution >= 0.6 is 0 Å². The summed E-state index contributed by atoms with van der Waals surface area (Å²) in [5, 5.41) is 3.29. The highest BCUT2D eigenvalue weighted by Crippen LogP contribution is 2.30. The van der Waals surface area contributed by atoms with Gasteiger partial charge in [0.15, 0.2) is 0 Å². The highest BCUT2D eigenvalue weighted by Gasteiger charge is 2.39. The second-order valence-electron chi connectivity index (χ2n) is 8.65. The van der Waals surface area contributed by atoms with Crippen LogP contribution in [0.3, 0.4) is 0 Å². The van der Waals surface area contributed by atoms with E-state index in [1.54, 1.807) is 0 Å². The van der Waals surface area contributed by atoms with Gasteiger partial charge in [-0.2, -0.15) is 0 Å². The molecule has 0 unspecified atom stereocenters. The van der Waals surface area contributed by atoms with E-state index in [1.807, 2.05) is 4.90 Å². The lowest BCUT2D eigenvalue weighted by molar-refractivity contribution is -0.130. The van der Waals surface area contributed by atoms with Gasteiger partial charge in [0.05, 0.1) is 5.92 Å². The summed E-state index contributed by atoms with van der Waals surface area (Å²) in [6.45, 7) is 3.00. The summed E-state index contributed by atoms with van der Waals surface area (Å²) in [7, 11) is 0. The first kappa shape index (κ1) is 17.3. The molecule has 1 aliphatic carbocycles. The predicted octanol–water partition coefficient (Wildman–Crippen LogP) is 2.30. The van der Waals surface area contributed by atoms with E-state index >= 15 is 0 Å². The molecular weight excluding hydrogens is 314 g/mol. The summed E-state index contributed by atoms with van der Waals surface area (Å²) < 4.78 is 0. The fourth-order valence-electron chi connectivity index (χ4n) is 5.50. The summed E-state index contributed by atoms with van der Waals surface area (Å²) in [4.78, 5) is 29.8. The van der Waals surface area contributed by atoms with Crippen molar-refractivity contribution in [1.82, 2.24) is 15.1 Å². The Morgan fingerprint density at radius 1 is 0.920 bits per heavy atom. The molecule has 5 heteroatoms. The Morgan fingerprint density at radius 2 is 1.68 bits per heavy atom. The Kier molecular flexibility index (Phi) is 5.30. The van der Waals surface area contributed by atoms with Crippen molar-refractivity contribution in [2.24, 2.45) is 5.92 Å². The van der Waals surface area contributed by atoms with Crippen LogP contribution in [0.2, 0.25) is 0 Å². The first-order valence-corrected chi connectivity index (χ1v) is 10.5. The summed E-state index contributed by atoms with van der Waals surface area (Å²) >= 11 is 0. The van der Waals surface area contributed by atoms with Gasteiger partial charge in [-0.15, -0.1) is 0 Å². The largest absolute Gasteiger partial charge is 0.353 e. The number of fused-ring (bicyclic) bond motifs is 1. The van der Waals surface area contributed by atoms with E-state index in [0.717, 1.165) is 32.2 Å². The van der Waals surface area contributed by atoms with Gasteiger partial charge in [0, 0.05) is 37.6 Å². The molecule has 25 heavy (non-hydrogen) atoms. The Balaban J connectivity index is 1.29. The number of carbonyl (C=O) groups is 2. The van der Waals surface area contributed by atoms with Crippen LogP contribution in [0.15, 0.2) is 0 Å². The van der Waals surface area contributed by atoms with Crippen molar-refractivity contribution in [3.8, 4) is 0 Å². The molecule has 3 aliphatic heterocycles. The molecule has 2 amide bonds. The third kappa shape index (κ3) is 3.86. The second-order valence-corrected chi connectivity index (χ2v) is 8.65. The molecular formula is C20H33N3O2. The zero-order valence-electron chi connectivity index (χ0n) is 15.4. The Bertz CT molecular complexity index is 501. The number of hydrogen-bond acceptors (Lipinski definition) is 3. The first-order chi connectivity index (χ1) is 12.2. The molecule has 0 spiro atoms. The van der Waals surface area contributed by atoms with Gasteiger partial charge in [0.25, 0.3) is 0 Å². The van der Waals surface area contributed by atoms with E-state index in [4.69, 9.17) is 0 Å². The zero-order chi connectivity index (χ0) is 17.2. The average molecular weight is 348 g/mol. The number of piperidine rings is 1. The normalized spacial score (nSPS) is 34.8. The first-order valence-electron chi connectivity index (χ1n) is 10.5. The fourth-order valence-corrected chi connectivity index (χ4v) is 5.50. The number of hydrogen-bond donors (Lipinski definition) is 1. The smallest absolute Gasteiger partial charge is 0.225 e. The van der Waals surface area contributed by atoms with E-state index in [0.29, 0.717) is 31.1 Å². The summed E-state index contributed by atoms with van der Waals surface area (Å²) in [6, 6.07) is 1.37. The molecule has 1 saturated carbocycles. The average Bonchev–Trinajstić information content (AvgIpc) is 3.13. The lowest BCUT2D eigenvalue weighted by Crippen LogP contribution is -2.49. The van der Waals surface area contributed by atoms with Gasteiger partial charge in [0.2, 0.25) is 11.8 Å². The maximum absolute atomic E-state index is 12.7. The molecule has 140 valence electrons. The van der Waals surface area contributed by atoms with Crippen molar-refractivity contribution in [3.63, 3.8) is 0 Å². The van der Waals surface area contributed by atoms with Crippen molar-refractivity contribution >= 4 is 11.8 Å². The van der Waals surface area contributed by atoms with Crippen molar-refractivity contribution in [3.05, 3.63) is 0 Å². The number of carbonyl (C=O) groups excluding carboxylic acids is 2. The molecule has 0 aromatic heterocycles. The third-order valence-electron chi connectivity index (χ3n) is 6.96. The van der Waals surface area contributed by atoms with Gasteiger partial charge >= 0.3 is 0 Å². The van der Waals surface area contributed by atoms with Crippen LogP contribution in [0.5, 0.6) is 0 Å². The van der Waals surface area contributed by atoms with Crippen LogP contribution in [-0.2, 0) is 9.59 Å². The lowest BCUT2D eigenvalue weighted by atomic mass is 9.96. The lowest BCUT2D eigenvalue weighted by Gasteiger charge is -2.35. The minimum absolute atomic E-state index is 0.126. The molecule has 0 radical (unpaired) electrons. The van der Waals surface area contributed by atoms with Crippen molar-refractivity contribution < 1.29 is 9.59 Å². The predicted molar refractivity (Wildman–Crippen MR) is 97.1 cm³/mol. The SMILES string of the molecule is O=C(N[C@@H]1CCN2CCC[C@H]2C1)[C@@H]1CC(=O)N(C2CCCCCC2)C1. The quantitative estimate of drug-likeness (QED) is 0.797. The van der Waals surface area contributed by atoms with Crippen LogP contribution in [0, 0.1) is 5.92 Å². The number of nitrogens with one attached hydrogen (secondary N) is 1. The minimum atomic E-state index is -0.127. The Labute approximate surface area is 151 Å². The van der Waals surface area contributed by atoms with Crippen molar-refractivity contribution in [2.75, 3.05) is 19.6 Å². The molecule has 4 rings (SSSR count). The van der Waals surface area contributed by atoms with Crippen LogP contribution in [-0.4, -0.2) is 59.4 Å². The molecule has 3 heterocycles. The molecule has 0 bridgehead atoms. The second kappa shape index (κ2) is 7.65. The van der Waals surface area contributed by atoms with Gasteiger partial charge in [-0.3, -0.25) is 9.59 Å². The highest BCUT2D eigenvalue weighted by molar-refractivity contribution is 5.89. The van der Waals surface area contributed by atoms with Crippen LogP contribution in [0.25, 0.3) is 0 Å². The highest BCUT2D eigenvalue weighted by atomic mass is 16.2. The van der Waals surface area contributed by atoms with Crippen molar-refractivity contribution in [1.29, 1.82) is 0 Å². The van der Waals surface area contributed by atoms with Gasteiger partial charge < -0.3 is 15.1 Å². The maximum atomic E-state index is 12.7. The van der Waals surface area contributed by atoms with E-state index in [9.17, 15) is 9.59 Å². The molecule has 4 aliphatic rings. The van der Waals surface area contributed by atoms with Gasteiger partial charge in [-0.25, -0.2) is 0 Å². The molecule has 5 nitrogen and oxygen atoms in total. The zero-order valence-corrected chi connectivity index (χ0v) is 15.4. The van der Waals surface area contributed by atoms with Gasteiger partial charge in [0.1, 0.15) is 0 Å². The van der Waals surface area contributed by atoms with Gasteiger partial charge in [-0.05, 0) is 45.1 Å².